The van der Waals surface area contributed by atoms with E-state index in [1.54, 1.807) is 0 Å². The maximum absolute atomic E-state index is 7.12. The Bertz CT molecular complexity index is 3430. The molecule has 4 nitrogen and oxygen atoms in total. The van der Waals surface area contributed by atoms with Gasteiger partial charge in [-0.15, -0.1) is 29.3 Å². The molecular weight excluding hydrogens is 1110 g/mol. The molecule has 0 atom stereocenters. The van der Waals surface area contributed by atoms with Gasteiger partial charge in [-0.1, -0.05) is 192 Å². The second kappa shape index (κ2) is 20.2. The summed E-state index contributed by atoms with van der Waals surface area (Å²) in [5.74, 6) is 1.16. The van der Waals surface area contributed by atoms with Gasteiger partial charge in [0, 0.05) is 41.0 Å². The van der Waals surface area contributed by atoms with Crippen molar-refractivity contribution in [3.63, 3.8) is 0 Å². The van der Waals surface area contributed by atoms with Gasteiger partial charge in [0.1, 0.15) is 0 Å². The number of anilines is 3. The Hall–Kier alpha value is -6.87. The van der Waals surface area contributed by atoms with Crippen molar-refractivity contribution in [2.75, 3.05) is 4.90 Å². The SMILES string of the molecule is Cc1cccc(C)c1-c1cc(Oc2[c-]c(C3(c4ccccn4)c4cc(C(C)(C)C)ccc4-c4ccc(C(C)(C)C)cc43)ccc2)[c-]c(-c2cc(N(c3ccc(C(C)(C)C)cc3)c3ccc(C(C)(C)C)cc3)ccn2)c1.[Pt+2]. The van der Waals surface area contributed by atoms with Crippen LogP contribution >= 0.6 is 0 Å². The van der Waals surface area contributed by atoms with Crippen molar-refractivity contribution in [3.05, 3.63) is 244 Å². The summed E-state index contributed by atoms with van der Waals surface area (Å²) in [5.41, 5.74) is 20.2. The van der Waals surface area contributed by atoms with Crippen molar-refractivity contribution in [2.45, 2.75) is 124 Å². The Kier molecular flexibility index (Phi) is 14.4. The van der Waals surface area contributed by atoms with Crippen LogP contribution in [0.4, 0.5) is 17.1 Å². The first kappa shape index (κ1) is 53.9. The summed E-state index contributed by atoms with van der Waals surface area (Å²) in [5, 5.41) is 0. The van der Waals surface area contributed by atoms with E-state index in [2.05, 4.69) is 266 Å². The summed E-state index contributed by atoms with van der Waals surface area (Å²) < 4.78 is 7.12. The molecule has 0 unspecified atom stereocenters. The normalized spacial score (nSPS) is 13.1. The summed E-state index contributed by atoms with van der Waals surface area (Å²) in [6, 6.07) is 67.3. The third kappa shape index (κ3) is 10.3. The minimum atomic E-state index is -0.792. The molecule has 9 aromatic rings. The molecule has 0 bridgehead atoms. The third-order valence-corrected chi connectivity index (χ3v) is 15.2. The van der Waals surface area contributed by atoms with Gasteiger partial charge in [0.05, 0.1) is 11.1 Å². The Morgan fingerprint density at radius 1 is 0.447 bits per heavy atom. The monoisotopic (exact) mass is 1180 g/mol. The van der Waals surface area contributed by atoms with Crippen molar-refractivity contribution in [3.8, 4) is 45.0 Å². The van der Waals surface area contributed by atoms with Crippen LogP contribution < -0.4 is 9.64 Å². The van der Waals surface area contributed by atoms with Gasteiger partial charge in [-0.3, -0.25) is 4.98 Å². The van der Waals surface area contributed by atoms with Crippen LogP contribution in [0.15, 0.2) is 176 Å². The molecule has 386 valence electrons. The van der Waals surface area contributed by atoms with Gasteiger partial charge in [0.25, 0.3) is 0 Å². The second-order valence-corrected chi connectivity index (χ2v) is 24.8. The predicted molar refractivity (Wildman–Crippen MR) is 313 cm³/mol. The fourth-order valence-electron chi connectivity index (χ4n) is 10.9. The van der Waals surface area contributed by atoms with Crippen LogP contribution in [0.2, 0.25) is 0 Å². The van der Waals surface area contributed by atoms with E-state index < -0.39 is 5.41 Å². The molecule has 0 fully saturated rings. The third-order valence-electron chi connectivity index (χ3n) is 15.2. The van der Waals surface area contributed by atoms with Gasteiger partial charge in [-0.25, -0.2) is 0 Å². The molecule has 0 amide bonds. The Morgan fingerprint density at radius 3 is 1.49 bits per heavy atom. The number of aromatic nitrogens is 2. The van der Waals surface area contributed by atoms with Gasteiger partial charge in [-0.2, -0.15) is 12.1 Å². The number of nitrogens with zero attached hydrogens (tertiary/aromatic N) is 3. The Balaban J connectivity index is 0.00000706. The van der Waals surface area contributed by atoms with Gasteiger partial charge in [0.2, 0.25) is 0 Å². The average Bonchev–Trinajstić information content (AvgIpc) is 3.67. The topological polar surface area (TPSA) is 38.2 Å². The molecule has 10 rings (SSSR count). The molecule has 0 saturated heterocycles. The Morgan fingerprint density at radius 2 is 0.974 bits per heavy atom. The molecule has 76 heavy (non-hydrogen) atoms. The zero-order valence-electron chi connectivity index (χ0n) is 46.8. The first-order valence-electron chi connectivity index (χ1n) is 26.5. The predicted octanol–water partition coefficient (Wildman–Crippen LogP) is 18.8. The summed E-state index contributed by atoms with van der Waals surface area (Å²) in [4.78, 5) is 12.6. The Labute approximate surface area is 468 Å². The molecule has 2 heterocycles. The standard InChI is InChI=1S/C71H71N3O.Pt/c1-46-19-17-20-47(2)66(46)49-39-48(64-45-57(36-38-72-64)74(55-30-24-50(25-31-55)67(3,4)5)56-32-26-51(27-33-56)68(6,7)8)40-59(41-49)75-58-22-18-21-54(42-58)71(65-23-15-16-37-73-65)62-43-52(69(9,10)11)28-34-60(62)61-35-29-53(44-63(61)71)70(12,13)14;/h15-39,41,43-45H,1-14H3;/q-2;+2. The van der Waals surface area contributed by atoms with Crippen LogP contribution in [0.25, 0.3) is 33.5 Å². The van der Waals surface area contributed by atoms with Crippen molar-refractivity contribution in [1.29, 1.82) is 0 Å². The first-order valence-corrected chi connectivity index (χ1v) is 26.5. The van der Waals surface area contributed by atoms with Crippen molar-refractivity contribution in [2.24, 2.45) is 0 Å². The number of fused-ring (bicyclic) bond motifs is 3. The maximum atomic E-state index is 7.12. The van der Waals surface area contributed by atoms with E-state index >= 15 is 0 Å². The smallest absolute Gasteiger partial charge is 0.503 e. The first-order chi connectivity index (χ1) is 35.5. The average molecular weight is 1180 g/mol. The maximum Gasteiger partial charge on any atom is 2.00 e. The van der Waals surface area contributed by atoms with E-state index in [-0.39, 0.29) is 42.7 Å². The number of hydrogen-bond donors (Lipinski definition) is 0. The van der Waals surface area contributed by atoms with E-state index in [1.165, 1.54) is 55.6 Å². The summed E-state index contributed by atoms with van der Waals surface area (Å²) in [6.45, 7) is 31.6. The zero-order chi connectivity index (χ0) is 53.2. The van der Waals surface area contributed by atoms with Gasteiger partial charge >= 0.3 is 21.1 Å². The van der Waals surface area contributed by atoms with E-state index in [9.17, 15) is 0 Å². The zero-order valence-corrected chi connectivity index (χ0v) is 49.1. The molecule has 0 N–H and O–H groups in total. The number of ether oxygens (including phenoxy) is 1. The molecule has 0 aliphatic heterocycles. The molecule has 5 heteroatoms. The largest absolute Gasteiger partial charge is 2.00 e. The minimum Gasteiger partial charge on any atom is -0.503 e. The van der Waals surface area contributed by atoms with Crippen molar-refractivity contribution < 1.29 is 25.8 Å². The molecule has 1 aliphatic carbocycles. The quantitative estimate of drug-likeness (QED) is 0.135. The summed E-state index contributed by atoms with van der Waals surface area (Å²) in [7, 11) is 0. The van der Waals surface area contributed by atoms with E-state index in [4.69, 9.17) is 14.7 Å². The second-order valence-electron chi connectivity index (χ2n) is 24.8. The van der Waals surface area contributed by atoms with Gasteiger partial charge in [0.15, 0.2) is 0 Å². The van der Waals surface area contributed by atoms with Crippen LogP contribution in [0, 0.1) is 26.0 Å². The van der Waals surface area contributed by atoms with Gasteiger partial charge < -0.3 is 14.6 Å². The van der Waals surface area contributed by atoms with Crippen LogP contribution in [0.1, 0.15) is 139 Å². The van der Waals surface area contributed by atoms with Gasteiger partial charge in [-0.05, 0) is 145 Å². The molecule has 1 aliphatic rings. The van der Waals surface area contributed by atoms with E-state index in [0.717, 1.165) is 50.7 Å². The summed E-state index contributed by atoms with van der Waals surface area (Å²) >= 11 is 0. The number of aryl methyl sites for hydroxylation is 2. The van der Waals surface area contributed by atoms with Crippen LogP contribution in [-0.4, -0.2) is 9.97 Å². The van der Waals surface area contributed by atoms with Crippen LogP contribution in [0.3, 0.4) is 0 Å². The number of hydrogen-bond acceptors (Lipinski definition) is 4. The van der Waals surface area contributed by atoms with Crippen LogP contribution in [-0.2, 0) is 48.1 Å². The minimum absolute atomic E-state index is 0. The summed E-state index contributed by atoms with van der Waals surface area (Å²) in [6.07, 6.45) is 3.83. The van der Waals surface area contributed by atoms with Crippen molar-refractivity contribution in [1.82, 2.24) is 9.97 Å². The van der Waals surface area contributed by atoms with Crippen LogP contribution in [0.5, 0.6) is 11.5 Å². The molecule has 0 spiro atoms. The molecule has 0 radical (unpaired) electrons. The number of pyridine rings is 2. The molecule has 0 saturated carbocycles. The fraction of sp³-hybridized carbons (Fsp3) is 0.268. The number of rotatable bonds is 9. The van der Waals surface area contributed by atoms with E-state index in [1.807, 2.05) is 24.5 Å². The molecule has 7 aromatic carbocycles. The van der Waals surface area contributed by atoms with E-state index in [0.29, 0.717) is 11.5 Å². The molecular formula is C71H71N3OPt. The number of benzene rings is 7. The molecule has 2 aromatic heterocycles. The fourth-order valence-corrected chi connectivity index (χ4v) is 10.9. The van der Waals surface area contributed by atoms with Crippen molar-refractivity contribution >= 4 is 17.1 Å².